The van der Waals surface area contributed by atoms with Gasteiger partial charge in [0, 0.05) is 31.6 Å². The summed E-state index contributed by atoms with van der Waals surface area (Å²) >= 11 is 19.8. The first kappa shape index (κ1) is 28.1. The summed E-state index contributed by atoms with van der Waals surface area (Å²) in [5.74, 6) is -0.785. The lowest BCUT2D eigenvalue weighted by molar-refractivity contribution is 0.0733. The molecule has 4 aromatic carbocycles. The molecule has 0 aliphatic heterocycles. The monoisotopic (exact) mass is 697 g/mol. The second-order valence-electron chi connectivity index (χ2n) is 8.78. The number of carbonyl (C=O) groups is 2. The lowest BCUT2D eigenvalue weighted by atomic mass is 10.0. The lowest BCUT2D eigenvalue weighted by Crippen LogP contribution is -2.19. The molecule has 5 aromatic rings. The van der Waals surface area contributed by atoms with Crippen LogP contribution in [0.3, 0.4) is 0 Å². The number of rotatable bonds is 6. The molecule has 0 saturated heterocycles. The number of aromatic amines is 1. The van der Waals surface area contributed by atoms with Crippen LogP contribution < -0.4 is 10.2 Å². The van der Waals surface area contributed by atoms with E-state index in [9.17, 15) is 9.59 Å². The number of fused-ring (bicyclic) bond motifs is 1. The van der Waals surface area contributed by atoms with Gasteiger partial charge in [-0.25, -0.2) is 10.2 Å². The molecule has 0 spiro atoms. The number of hydrogen-bond donors (Lipinski definition) is 2. The maximum absolute atomic E-state index is 13.4. The number of aromatic nitrogens is 1. The Morgan fingerprint density at radius 1 is 0.950 bits per heavy atom. The third kappa shape index (κ3) is 5.86. The van der Waals surface area contributed by atoms with Crippen LogP contribution in [0.2, 0.25) is 10.0 Å². The van der Waals surface area contributed by atoms with Crippen molar-refractivity contribution in [1.29, 1.82) is 0 Å². The Morgan fingerprint density at radius 2 is 1.68 bits per heavy atom. The van der Waals surface area contributed by atoms with Crippen molar-refractivity contribution in [2.45, 2.75) is 6.92 Å². The van der Waals surface area contributed by atoms with E-state index in [1.165, 1.54) is 6.21 Å². The number of aryl methyl sites for hydroxylation is 1. The van der Waals surface area contributed by atoms with Crippen LogP contribution in [0.15, 0.2) is 92.9 Å². The number of nitrogens with one attached hydrogen (secondary N) is 2. The van der Waals surface area contributed by atoms with Crippen molar-refractivity contribution in [2.75, 3.05) is 0 Å². The zero-order valence-corrected chi connectivity index (χ0v) is 25.5. The largest absolute Gasteiger partial charge is 0.421 e. The second-order valence-corrected chi connectivity index (χ2v) is 11.4. The minimum absolute atomic E-state index is 0.245. The topological polar surface area (TPSA) is 83.5 Å². The first-order valence-corrected chi connectivity index (χ1v) is 14.2. The Morgan fingerprint density at radius 3 is 2.42 bits per heavy atom. The molecule has 10 heteroatoms. The third-order valence-corrected chi connectivity index (χ3v) is 7.73. The molecule has 1 heterocycles. The average Bonchev–Trinajstić information content (AvgIpc) is 3.32. The van der Waals surface area contributed by atoms with Gasteiger partial charge >= 0.3 is 5.97 Å². The van der Waals surface area contributed by atoms with E-state index in [1.54, 1.807) is 36.4 Å². The zero-order valence-electron chi connectivity index (χ0n) is 20.8. The number of nitrogens with zero attached hydrogens (tertiary/aromatic N) is 1. The van der Waals surface area contributed by atoms with E-state index in [0.29, 0.717) is 46.8 Å². The molecule has 0 unspecified atom stereocenters. The highest BCUT2D eigenvalue weighted by Crippen LogP contribution is 2.38. The molecule has 0 radical (unpaired) electrons. The highest BCUT2D eigenvalue weighted by atomic mass is 79.9. The van der Waals surface area contributed by atoms with E-state index < -0.39 is 11.9 Å². The van der Waals surface area contributed by atoms with Gasteiger partial charge in [0.25, 0.3) is 5.91 Å². The minimum Gasteiger partial charge on any atom is -0.421 e. The van der Waals surface area contributed by atoms with Crippen LogP contribution in [0.1, 0.15) is 32.0 Å². The Hall–Kier alpha value is -3.43. The van der Waals surface area contributed by atoms with Gasteiger partial charge in [0.15, 0.2) is 5.75 Å². The van der Waals surface area contributed by atoms with Crippen LogP contribution >= 0.6 is 55.1 Å². The molecule has 40 heavy (non-hydrogen) atoms. The van der Waals surface area contributed by atoms with Gasteiger partial charge in [-0.1, -0.05) is 87.2 Å². The fourth-order valence-electron chi connectivity index (χ4n) is 4.14. The molecule has 0 atom stereocenters. The summed E-state index contributed by atoms with van der Waals surface area (Å²) in [4.78, 5) is 29.3. The predicted molar refractivity (Wildman–Crippen MR) is 167 cm³/mol. The molecular formula is C30H19Br2Cl2N3O3. The summed E-state index contributed by atoms with van der Waals surface area (Å²) in [6.45, 7) is 1.94. The van der Waals surface area contributed by atoms with E-state index in [4.69, 9.17) is 27.9 Å². The van der Waals surface area contributed by atoms with Crippen molar-refractivity contribution in [3.05, 3.63) is 120 Å². The number of hydrogen-bond acceptors (Lipinski definition) is 4. The van der Waals surface area contributed by atoms with Crippen LogP contribution in [0.25, 0.3) is 22.0 Å². The normalized spacial score (nSPS) is 11.2. The Bertz CT molecular complexity index is 1800. The Labute approximate surface area is 256 Å². The maximum atomic E-state index is 13.4. The molecule has 1 amide bonds. The van der Waals surface area contributed by atoms with Gasteiger partial charge in [-0.15, -0.1) is 0 Å². The number of esters is 1. The molecule has 200 valence electrons. The van der Waals surface area contributed by atoms with Crippen molar-refractivity contribution in [3.8, 4) is 16.9 Å². The molecule has 2 N–H and O–H groups in total. The fraction of sp³-hybridized carbons (Fsp3) is 0.0333. The van der Waals surface area contributed by atoms with Crippen molar-refractivity contribution in [1.82, 2.24) is 10.4 Å². The highest BCUT2D eigenvalue weighted by Gasteiger charge is 2.22. The zero-order chi connectivity index (χ0) is 28.4. The minimum atomic E-state index is -0.527. The Balaban J connectivity index is 1.46. The van der Waals surface area contributed by atoms with Gasteiger partial charge in [0.05, 0.1) is 26.8 Å². The number of hydrazone groups is 1. The number of amides is 1. The van der Waals surface area contributed by atoms with Gasteiger partial charge in [0.2, 0.25) is 0 Å². The average molecular weight is 700 g/mol. The quantitative estimate of drug-likeness (QED) is 0.0804. The second kappa shape index (κ2) is 12.0. The van der Waals surface area contributed by atoms with E-state index in [0.717, 1.165) is 10.9 Å². The molecular weight excluding hydrogens is 681 g/mol. The molecule has 0 aliphatic carbocycles. The highest BCUT2D eigenvalue weighted by molar-refractivity contribution is 9.11. The van der Waals surface area contributed by atoms with Crippen molar-refractivity contribution >= 4 is 84.1 Å². The fourth-order valence-corrected chi connectivity index (χ4v) is 5.93. The standard InChI is InChI=1S/C30H19Br2Cl2N3O3/c1-16-9-11-17(12-10-16)30(39)40-28-18(13-19(31)14-22(28)32)15-35-37-29(38)27-25(20-5-2-3-7-23(20)33)21-6-4-8-24(34)26(21)36-27/h2-15,36H,1H3,(H,37,38). The third-order valence-electron chi connectivity index (χ3n) is 6.04. The number of para-hydroxylation sites is 1. The van der Waals surface area contributed by atoms with Crippen LogP contribution in [-0.4, -0.2) is 23.1 Å². The summed E-state index contributed by atoms with van der Waals surface area (Å²) in [6, 6.07) is 23.2. The first-order valence-electron chi connectivity index (χ1n) is 11.9. The van der Waals surface area contributed by atoms with Crippen LogP contribution in [0.5, 0.6) is 5.75 Å². The summed E-state index contributed by atoms with van der Waals surface area (Å²) in [7, 11) is 0. The molecule has 0 fully saturated rings. The van der Waals surface area contributed by atoms with E-state index in [1.807, 2.05) is 49.4 Å². The van der Waals surface area contributed by atoms with Crippen molar-refractivity contribution in [2.24, 2.45) is 5.10 Å². The number of halogens is 4. The van der Waals surface area contributed by atoms with Crippen LogP contribution in [0.4, 0.5) is 0 Å². The van der Waals surface area contributed by atoms with Gasteiger partial charge < -0.3 is 9.72 Å². The number of benzene rings is 4. The lowest BCUT2D eigenvalue weighted by Gasteiger charge is -2.11. The van der Waals surface area contributed by atoms with E-state index in [2.05, 4.69) is 47.4 Å². The van der Waals surface area contributed by atoms with Crippen molar-refractivity contribution in [3.63, 3.8) is 0 Å². The number of ether oxygens (including phenoxy) is 1. The number of H-pyrrole nitrogens is 1. The van der Waals surface area contributed by atoms with Gasteiger partial charge in [-0.3, -0.25) is 4.79 Å². The van der Waals surface area contributed by atoms with Crippen LogP contribution in [0, 0.1) is 6.92 Å². The summed E-state index contributed by atoms with van der Waals surface area (Å²) < 4.78 is 6.94. The summed E-state index contributed by atoms with van der Waals surface area (Å²) in [5.41, 5.74) is 6.57. The predicted octanol–water partition coefficient (Wildman–Crippen LogP) is 8.96. The molecule has 0 saturated carbocycles. The van der Waals surface area contributed by atoms with Gasteiger partial charge in [-0.2, -0.15) is 5.10 Å². The molecule has 6 nitrogen and oxygen atoms in total. The van der Waals surface area contributed by atoms with E-state index >= 15 is 0 Å². The van der Waals surface area contributed by atoms with Gasteiger partial charge in [-0.05, 0) is 59.3 Å². The van der Waals surface area contributed by atoms with E-state index in [-0.39, 0.29) is 11.4 Å². The summed E-state index contributed by atoms with van der Waals surface area (Å²) in [6.07, 6.45) is 1.40. The number of carbonyl (C=O) groups excluding carboxylic acids is 2. The summed E-state index contributed by atoms with van der Waals surface area (Å²) in [5, 5.41) is 5.86. The molecule has 5 rings (SSSR count). The van der Waals surface area contributed by atoms with Crippen LogP contribution in [-0.2, 0) is 0 Å². The molecule has 1 aromatic heterocycles. The van der Waals surface area contributed by atoms with Gasteiger partial charge in [0.1, 0.15) is 5.69 Å². The first-order chi connectivity index (χ1) is 19.2. The Kier molecular flexibility index (Phi) is 8.42. The maximum Gasteiger partial charge on any atom is 0.343 e. The smallest absolute Gasteiger partial charge is 0.343 e. The molecule has 0 aliphatic rings. The SMILES string of the molecule is Cc1ccc(C(=O)Oc2c(Br)cc(Br)cc2C=NNC(=O)c2[nH]c3c(Cl)cccc3c2-c2ccccc2Cl)cc1. The van der Waals surface area contributed by atoms with Crippen molar-refractivity contribution < 1.29 is 14.3 Å². The molecule has 0 bridgehead atoms.